The minimum absolute atomic E-state index is 1.13. The van der Waals surface area contributed by atoms with E-state index in [1.54, 1.807) is 0 Å². The van der Waals surface area contributed by atoms with Crippen LogP contribution < -0.4 is 25.6 Å². The number of hydrogen-bond acceptors (Lipinski definition) is 2. The fraction of sp³-hybridized carbons (Fsp3) is 0. The van der Waals surface area contributed by atoms with Crippen LogP contribution in [0.25, 0.3) is 21.9 Å². The number of fused-ring (bicyclic) bond motifs is 3. The van der Waals surface area contributed by atoms with Crippen molar-refractivity contribution in [2.45, 2.75) is 9.79 Å². The van der Waals surface area contributed by atoms with Gasteiger partial charge in [-0.15, -0.1) is 0 Å². The van der Waals surface area contributed by atoms with Crippen molar-refractivity contribution in [2.75, 3.05) is 4.90 Å². The van der Waals surface area contributed by atoms with Crippen LogP contribution in [0, 0.1) is 0 Å². The van der Waals surface area contributed by atoms with E-state index in [2.05, 4.69) is 205 Å². The number of anilines is 3. The lowest BCUT2D eigenvalue weighted by Crippen LogP contribution is -2.76. The Morgan fingerprint density at radius 1 is 0.388 bits per heavy atom. The van der Waals surface area contributed by atoms with Crippen molar-refractivity contribution in [1.29, 1.82) is 0 Å². The molecule has 0 N–H and O–H groups in total. The Morgan fingerprint density at radius 3 is 1.65 bits per heavy atom. The van der Waals surface area contributed by atoms with E-state index in [4.69, 9.17) is 0 Å². The maximum atomic E-state index is 2.49. The highest BCUT2D eigenvalue weighted by Gasteiger charge is 2.47. The summed E-state index contributed by atoms with van der Waals surface area (Å²) in [6.07, 6.45) is 0. The minimum atomic E-state index is -2.71. The van der Waals surface area contributed by atoms with E-state index in [9.17, 15) is 0 Å². The summed E-state index contributed by atoms with van der Waals surface area (Å²) in [5.41, 5.74) is 5.93. The first kappa shape index (κ1) is 29.5. The van der Waals surface area contributed by atoms with E-state index in [1.165, 1.54) is 63.8 Å². The molecule has 0 saturated carbocycles. The monoisotopic (exact) mass is 659 g/mol. The van der Waals surface area contributed by atoms with Gasteiger partial charge in [0, 0.05) is 20.9 Å². The maximum absolute atomic E-state index is 2.71. The van der Waals surface area contributed by atoms with Gasteiger partial charge in [0.05, 0.1) is 11.4 Å². The average molecular weight is 660 g/mol. The molecule has 1 heterocycles. The highest BCUT2D eigenvalue weighted by atomic mass is 32.2. The van der Waals surface area contributed by atoms with Gasteiger partial charge in [0.25, 0.3) is 0 Å². The molecule has 1 aliphatic rings. The summed E-state index contributed by atoms with van der Waals surface area (Å²) < 4.78 is 0. The first-order valence-electron chi connectivity index (χ1n) is 16.8. The smallest absolute Gasteiger partial charge is 0.181 e. The molecule has 0 bridgehead atoms. The van der Waals surface area contributed by atoms with E-state index in [0.29, 0.717) is 0 Å². The van der Waals surface area contributed by atoms with E-state index in [0.717, 1.165) is 5.69 Å². The molecule has 8 aromatic carbocycles. The summed E-state index contributed by atoms with van der Waals surface area (Å²) in [5.74, 6) is 0. The molecular formula is C46H33NSSi. The van der Waals surface area contributed by atoms with Crippen LogP contribution in [-0.2, 0) is 0 Å². The first-order valence-corrected chi connectivity index (χ1v) is 19.6. The fourth-order valence-electron chi connectivity index (χ4n) is 7.63. The van der Waals surface area contributed by atoms with Crippen LogP contribution in [0.2, 0.25) is 0 Å². The molecule has 0 radical (unpaired) electrons. The number of nitrogens with zero attached hydrogens (tertiary/aromatic N) is 1. The second kappa shape index (κ2) is 12.4. The van der Waals surface area contributed by atoms with E-state index in [1.807, 2.05) is 11.8 Å². The molecule has 0 aliphatic carbocycles. The van der Waals surface area contributed by atoms with Crippen molar-refractivity contribution in [3.05, 3.63) is 200 Å². The summed E-state index contributed by atoms with van der Waals surface area (Å²) in [6.45, 7) is 0. The molecule has 49 heavy (non-hydrogen) atoms. The zero-order valence-electron chi connectivity index (χ0n) is 26.9. The van der Waals surface area contributed by atoms with Gasteiger partial charge in [0.15, 0.2) is 8.07 Å². The zero-order valence-corrected chi connectivity index (χ0v) is 28.7. The molecule has 1 nitrogen and oxygen atoms in total. The third-order valence-electron chi connectivity index (χ3n) is 9.80. The van der Waals surface area contributed by atoms with Crippen LogP contribution in [-0.4, -0.2) is 8.07 Å². The summed E-state index contributed by atoms with van der Waals surface area (Å²) in [7, 11) is -2.71. The predicted molar refractivity (Wildman–Crippen MR) is 212 cm³/mol. The van der Waals surface area contributed by atoms with E-state index >= 15 is 0 Å². The molecule has 0 amide bonds. The molecule has 0 atom stereocenters. The van der Waals surface area contributed by atoms with Gasteiger partial charge in [-0.1, -0.05) is 182 Å². The van der Waals surface area contributed by atoms with Gasteiger partial charge < -0.3 is 4.90 Å². The van der Waals surface area contributed by atoms with E-state index < -0.39 is 8.07 Å². The molecule has 0 unspecified atom stereocenters. The van der Waals surface area contributed by atoms with Crippen molar-refractivity contribution >= 4 is 68.4 Å². The third-order valence-corrected chi connectivity index (χ3v) is 16.2. The van der Waals surface area contributed by atoms with Crippen LogP contribution >= 0.6 is 11.8 Å². The minimum Gasteiger partial charge on any atom is -0.309 e. The zero-order chi connectivity index (χ0) is 32.6. The Kier molecular flexibility index (Phi) is 7.50. The van der Waals surface area contributed by atoms with Crippen molar-refractivity contribution in [1.82, 2.24) is 0 Å². The molecule has 0 fully saturated rings. The normalized spacial score (nSPS) is 13.0. The standard InChI is InChI=1S/C46H33NSSi/c1-4-16-34(17-5-1)35-30-32-37(33-31-35)47(41-25-14-19-36-18-10-11-24-40(36)41)42-26-15-29-45-46(42)48-43-27-12-13-28-44(43)49(45,38-20-6-2-7-21-38)39-22-8-3-9-23-39/h1-33H. The molecular weight excluding hydrogens is 627 g/mol. The quantitative estimate of drug-likeness (QED) is 0.164. The molecule has 9 rings (SSSR count). The lowest BCUT2D eigenvalue weighted by Gasteiger charge is -2.41. The highest BCUT2D eigenvalue weighted by Crippen LogP contribution is 2.46. The fourth-order valence-corrected chi connectivity index (χ4v) is 14.7. The molecule has 0 spiro atoms. The first-order chi connectivity index (χ1) is 24.3. The van der Waals surface area contributed by atoms with Crippen molar-refractivity contribution in [2.24, 2.45) is 0 Å². The Labute approximate surface area is 293 Å². The van der Waals surface area contributed by atoms with Crippen LogP contribution in [0.5, 0.6) is 0 Å². The molecule has 232 valence electrons. The molecule has 0 aromatic heterocycles. The van der Waals surface area contributed by atoms with Crippen LogP contribution in [0.3, 0.4) is 0 Å². The van der Waals surface area contributed by atoms with Gasteiger partial charge in [-0.05, 0) is 67.6 Å². The second-order valence-electron chi connectivity index (χ2n) is 12.5. The van der Waals surface area contributed by atoms with Crippen LogP contribution in [0.4, 0.5) is 17.1 Å². The van der Waals surface area contributed by atoms with Gasteiger partial charge in [0.2, 0.25) is 0 Å². The predicted octanol–water partition coefficient (Wildman–Crippen LogP) is 9.82. The molecule has 3 heteroatoms. The SMILES string of the molecule is c1ccc(-c2ccc(N(c3cccc4c3Sc3ccccc3[Si]4(c3ccccc3)c3ccccc3)c3cccc4ccccc34)cc2)cc1. The second-order valence-corrected chi connectivity index (χ2v) is 17.3. The van der Waals surface area contributed by atoms with Crippen LogP contribution in [0.1, 0.15) is 0 Å². The number of hydrogen-bond donors (Lipinski definition) is 0. The Morgan fingerprint density at radius 2 is 0.918 bits per heavy atom. The Hall–Kier alpha value is -5.61. The van der Waals surface area contributed by atoms with Gasteiger partial charge in [-0.25, -0.2) is 0 Å². The third kappa shape index (κ3) is 4.93. The van der Waals surface area contributed by atoms with Gasteiger partial charge in [-0.3, -0.25) is 0 Å². The van der Waals surface area contributed by atoms with Gasteiger partial charge in [-0.2, -0.15) is 0 Å². The lowest BCUT2D eigenvalue weighted by molar-refractivity contribution is 1.24. The van der Waals surface area contributed by atoms with Crippen LogP contribution in [0.15, 0.2) is 210 Å². The molecule has 0 saturated heterocycles. The average Bonchev–Trinajstić information content (AvgIpc) is 3.19. The highest BCUT2D eigenvalue weighted by molar-refractivity contribution is 8.00. The molecule has 8 aromatic rings. The van der Waals surface area contributed by atoms with Gasteiger partial charge in [0.1, 0.15) is 0 Å². The van der Waals surface area contributed by atoms with Crippen molar-refractivity contribution in [3.63, 3.8) is 0 Å². The topological polar surface area (TPSA) is 3.24 Å². The summed E-state index contributed by atoms with van der Waals surface area (Å²) in [6, 6.07) is 73.8. The summed E-state index contributed by atoms with van der Waals surface area (Å²) in [4.78, 5) is 5.14. The number of rotatable bonds is 6. The van der Waals surface area contributed by atoms with Crippen molar-refractivity contribution < 1.29 is 0 Å². The Bertz CT molecular complexity index is 2360. The summed E-state index contributed by atoms with van der Waals surface area (Å²) in [5, 5.41) is 8.13. The maximum Gasteiger partial charge on any atom is 0.181 e. The summed E-state index contributed by atoms with van der Waals surface area (Å²) >= 11 is 1.92. The lowest BCUT2D eigenvalue weighted by atomic mass is 10.0. The van der Waals surface area contributed by atoms with E-state index in [-0.39, 0.29) is 0 Å². The molecule has 1 aliphatic heterocycles. The largest absolute Gasteiger partial charge is 0.309 e. The van der Waals surface area contributed by atoms with Crippen molar-refractivity contribution in [3.8, 4) is 11.1 Å². The Balaban J connectivity index is 1.34. The van der Waals surface area contributed by atoms with Gasteiger partial charge >= 0.3 is 0 Å². The number of benzene rings is 8.